The fourth-order valence-electron chi connectivity index (χ4n) is 6.55. The second kappa shape index (κ2) is 11.7. The lowest BCUT2D eigenvalue weighted by Crippen LogP contribution is -2.18. The minimum atomic E-state index is 0.704. The predicted octanol–water partition coefficient (Wildman–Crippen LogP) is 9.59. The second-order valence-corrected chi connectivity index (χ2v) is 11.1. The van der Waals surface area contributed by atoms with Gasteiger partial charge in [-0.15, -0.1) is 0 Å². The summed E-state index contributed by atoms with van der Waals surface area (Å²) in [6, 6.07) is 0. The number of benzene rings is 1. The van der Waals surface area contributed by atoms with E-state index in [0.29, 0.717) is 5.92 Å². The highest BCUT2D eigenvalue weighted by Crippen LogP contribution is 2.38. The molecule has 1 aromatic rings. The van der Waals surface area contributed by atoms with Crippen molar-refractivity contribution in [2.75, 3.05) is 0 Å². The molecule has 0 aromatic heterocycles. The molecule has 0 heterocycles. The molecule has 0 aliphatic heterocycles. The van der Waals surface area contributed by atoms with Gasteiger partial charge in [0.25, 0.3) is 0 Å². The van der Waals surface area contributed by atoms with E-state index in [9.17, 15) is 4.39 Å². The third kappa shape index (κ3) is 6.15. The highest BCUT2D eigenvalue weighted by molar-refractivity contribution is 5.49. The van der Waals surface area contributed by atoms with Crippen LogP contribution in [0.5, 0.6) is 0 Å². The van der Waals surface area contributed by atoms with E-state index >= 15 is 0 Å². The number of hydrogen-bond acceptors (Lipinski definition) is 0. The summed E-state index contributed by atoms with van der Waals surface area (Å²) in [6.07, 6.45) is 19.3. The van der Waals surface area contributed by atoms with Crippen molar-refractivity contribution in [2.45, 2.75) is 112 Å². The third-order valence-corrected chi connectivity index (χ3v) is 9.40. The molecule has 0 bridgehead atoms. The zero-order valence-corrected chi connectivity index (χ0v) is 21.7. The molecule has 2 fully saturated rings. The van der Waals surface area contributed by atoms with Gasteiger partial charge in [-0.1, -0.05) is 17.7 Å². The zero-order valence-electron chi connectivity index (χ0n) is 21.7. The van der Waals surface area contributed by atoms with E-state index in [0.717, 1.165) is 30.5 Å². The van der Waals surface area contributed by atoms with Gasteiger partial charge < -0.3 is 0 Å². The number of halogens is 1. The van der Waals surface area contributed by atoms with Crippen molar-refractivity contribution in [1.29, 1.82) is 0 Å². The van der Waals surface area contributed by atoms with E-state index in [4.69, 9.17) is 0 Å². The van der Waals surface area contributed by atoms with Crippen LogP contribution in [-0.2, 0) is 6.42 Å². The van der Waals surface area contributed by atoms with Crippen molar-refractivity contribution in [3.8, 4) is 0 Å². The first-order valence-electron chi connectivity index (χ1n) is 13.3. The Bertz CT molecular complexity index is 782. The van der Waals surface area contributed by atoms with Gasteiger partial charge in [0, 0.05) is 0 Å². The van der Waals surface area contributed by atoms with Crippen LogP contribution in [0.2, 0.25) is 0 Å². The molecule has 178 valence electrons. The SMILES string of the molecule is C/C(=C\C1CCC(C/C=C/F)CC1)C1CCC(CCc2c(C)c(C)c(C)c(C)c2C)CC1. The Balaban J connectivity index is 1.47. The van der Waals surface area contributed by atoms with Crippen LogP contribution < -0.4 is 0 Å². The Hall–Kier alpha value is -1.37. The maximum Gasteiger partial charge on any atom is 0.0827 e. The first-order valence-corrected chi connectivity index (χ1v) is 13.3. The van der Waals surface area contributed by atoms with Crippen LogP contribution in [0.15, 0.2) is 24.1 Å². The number of hydrogen-bond donors (Lipinski definition) is 0. The number of allylic oxidation sites excluding steroid dienone is 3. The average molecular weight is 439 g/mol. The summed E-state index contributed by atoms with van der Waals surface area (Å²) in [5, 5.41) is 0. The standard InChI is InChI=1S/C31H47F/c1-21(20-29-11-9-27(10-12-29)8-7-19-32)30-16-13-28(14-17-30)15-18-31-25(5)23(3)22(2)24(4)26(31)6/h7,19-20,27-30H,8-18H2,1-6H3/b19-7+,21-20+. The molecule has 3 rings (SSSR count). The van der Waals surface area contributed by atoms with Crippen LogP contribution in [0.4, 0.5) is 4.39 Å². The molecule has 0 unspecified atom stereocenters. The van der Waals surface area contributed by atoms with Gasteiger partial charge in [-0.25, -0.2) is 4.39 Å². The molecule has 0 radical (unpaired) electrons. The molecule has 0 spiro atoms. The van der Waals surface area contributed by atoms with Crippen LogP contribution in [0.1, 0.15) is 105 Å². The Morgan fingerprint density at radius 3 is 1.84 bits per heavy atom. The van der Waals surface area contributed by atoms with Gasteiger partial charge in [0.15, 0.2) is 0 Å². The molecule has 2 saturated carbocycles. The van der Waals surface area contributed by atoms with Gasteiger partial charge >= 0.3 is 0 Å². The Kier molecular flexibility index (Phi) is 9.21. The van der Waals surface area contributed by atoms with E-state index in [1.807, 2.05) is 0 Å². The molecule has 2 aliphatic rings. The van der Waals surface area contributed by atoms with Gasteiger partial charge in [0.1, 0.15) is 0 Å². The molecule has 1 heteroatoms. The molecule has 0 atom stereocenters. The largest absolute Gasteiger partial charge is 0.216 e. The van der Waals surface area contributed by atoms with Crippen LogP contribution >= 0.6 is 0 Å². The summed E-state index contributed by atoms with van der Waals surface area (Å²) in [5.41, 5.74) is 10.8. The van der Waals surface area contributed by atoms with Crippen LogP contribution in [0.25, 0.3) is 0 Å². The van der Waals surface area contributed by atoms with E-state index in [1.54, 1.807) is 17.2 Å². The molecule has 0 N–H and O–H groups in total. The fourth-order valence-corrected chi connectivity index (χ4v) is 6.55. The summed E-state index contributed by atoms with van der Waals surface area (Å²) in [7, 11) is 0. The Morgan fingerprint density at radius 1 is 0.750 bits per heavy atom. The lowest BCUT2D eigenvalue weighted by atomic mass is 9.74. The molecule has 0 nitrogen and oxygen atoms in total. The number of rotatable bonds is 7. The molecule has 0 amide bonds. The smallest absolute Gasteiger partial charge is 0.0827 e. The van der Waals surface area contributed by atoms with Gasteiger partial charge in [-0.2, -0.15) is 0 Å². The molecular weight excluding hydrogens is 391 g/mol. The van der Waals surface area contributed by atoms with Crippen molar-refractivity contribution >= 4 is 0 Å². The van der Waals surface area contributed by atoms with E-state index in [-0.39, 0.29) is 0 Å². The van der Waals surface area contributed by atoms with Crippen molar-refractivity contribution in [2.24, 2.45) is 23.7 Å². The lowest BCUT2D eigenvalue weighted by Gasteiger charge is -2.31. The minimum absolute atomic E-state index is 0.704. The monoisotopic (exact) mass is 438 g/mol. The van der Waals surface area contributed by atoms with Crippen LogP contribution in [0.3, 0.4) is 0 Å². The van der Waals surface area contributed by atoms with Crippen LogP contribution in [0, 0.1) is 58.3 Å². The van der Waals surface area contributed by atoms with Gasteiger partial charge in [-0.05, 0) is 169 Å². The summed E-state index contributed by atoms with van der Waals surface area (Å²) >= 11 is 0. The van der Waals surface area contributed by atoms with E-state index < -0.39 is 0 Å². The lowest BCUT2D eigenvalue weighted by molar-refractivity contribution is 0.282. The van der Waals surface area contributed by atoms with Crippen molar-refractivity contribution < 1.29 is 4.39 Å². The summed E-state index contributed by atoms with van der Waals surface area (Å²) in [6.45, 7) is 13.9. The summed E-state index contributed by atoms with van der Waals surface area (Å²) in [4.78, 5) is 0. The van der Waals surface area contributed by atoms with Gasteiger partial charge in [0.05, 0.1) is 6.33 Å². The van der Waals surface area contributed by atoms with Crippen molar-refractivity contribution in [3.05, 3.63) is 57.4 Å². The molecular formula is C31H47F. The third-order valence-electron chi connectivity index (χ3n) is 9.40. The molecule has 32 heavy (non-hydrogen) atoms. The predicted molar refractivity (Wildman–Crippen MR) is 138 cm³/mol. The molecule has 2 aliphatic carbocycles. The highest BCUT2D eigenvalue weighted by Gasteiger charge is 2.25. The van der Waals surface area contributed by atoms with Gasteiger partial charge in [0.2, 0.25) is 0 Å². The maximum atomic E-state index is 12.3. The van der Waals surface area contributed by atoms with E-state index in [1.165, 1.54) is 92.0 Å². The first kappa shape index (κ1) is 25.3. The summed E-state index contributed by atoms with van der Waals surface area (Å²) < 4.78 is 12.3. The Labute approximate surface area is 197 Å². The van der Waals surface area contributed by atoms with E-state index in [2.05, 4.69) is 47.6 Å². The average Bonchev–Trinajstić information content (AvgIpc) is 2.81. The quantitative estimate of drug-likeness (QED) is 0.372. The Morgan fingerprint density at radius 2 is 1.28 bits per heavy atom. The highest BCUT2D eigenvalue weighted by atomic mass is 19.1. The fraction of sp³-hybridized carbons (Fsp3) is 0.677. The molecule has 1 aromatic carbocycles. The van der Waals surface area contributed by atoms with Crippen molar-refractivity contribution in [1.82, 2.24) is 0 Å². The second-order valence-electron chi connectivity index (χ2n) is 11.1. The maximum absolute atomic E-state index is 12.3. The molecule has 0 saturated heterocycles. The normalized spacial score (nSPS) is 27.3. The van der Waals surface area contributed by atoms with Crippen molar-refractivity contribution in [3.63, 3.8) is 0 Å². The summed E-state index contributed by atoms with van der Waals surface area (Å²) in [5.74, 6) is 3.18. The van der Waals surface area contributed by atoms with Crippen LogP contribution in [-0.4, -0.2) is 0 Å². The topological polar surface area (TPSA) is 0 Å². The zero-order chi connectivity index (χ0) is 23.3. The minimum Gasteiger partial charge on any atom is -0.216 e. The van der Waals surface area contributed by atoms with Gasteiger partial charge in [-0.3, -0.25) is 0 Å². The first-order chi connectivity index (χ1) is 15.3.